The minimum Gasteiger partial charge on any atom is -0.487 e. The lowest BCUT2D eigenvalue weighted by molar-refractivity contribution is 0.115. The number of hydrogen-bond acceptors (Lipinski definition) is 2. The fourth-order valence-electron chi connectivity index (χ4n) is 3.81. The number of benzene rings is 2. The summed E-state index contributed by atoms with van der Waals surface area (Å²) < 4.78 is 12.4. The number of fused-ring (bicyclic) bond motifs is 2. The summed E-state index contributed by atoms with van der Waals surface area (Å²) in [5.41, 5.74) is 4.69. The van der Waals surface area contributed by atoms with E-state index in [1.807, 2.05) is 0 Å². The van der Waals surface area contributed by atoms with Crippen LogP contribution >= 0.6 is 0 Å². The highest BCUT2D eigenvalue weighted by molar-refractivity contribution is 5.70. The van der Waals surface area contributed by atoms with Gasteiger partial charge in [-0.1, -0.05) is 38.1 Å². The van der Waals surface area contributed by atoms with Crippen molar-refractivity contribution < 1.29 is 9.47 Å². The van der Waals surface area contributed by atoms with E-state index < -0.39 is 0 Å². The molecular formula is C22H26O2. The third-order valence-electron chi connectivity index (χ3n) is 6.13. The molecule has 0 fully saturated rings. The SMILES string of the molecule is C[C@@H]1c2ccc(-c3ccc4c(c3)OC(C)(C)[C@H]4C)cc2OC1(C)C. The Labute approximate surface area is 144 Å². The van der Waals surface area contributed by atoms with Crippen LogP contribution in [-0.4, -0.2) is 11.2 Å². The van der Waals surface area contributed by atoms with E-state index in [1.54, 1.807) is 0 Å². The highest BCUT2D eigenvalue weighted by Crippen LogP contribution is 2.48. The van der Waals surface area contributed by atoms with Crippen LogP contribution in [0.15, 0.2) is 36.4 Å². The van der Waals surface area contributed by atoms with Crippen LogP contribution in [0.5, 0.6) is 11.5 Å². The smallest absolute Gasteiger partial charge is 0.124 e. The molecule has 0 saturated carbocycles. The van der Waals surface area contributed by atoms with Crippen molar-refractivity contribution in [2.45, 2.75) is 64.6 Å². The van der Waals surface area contributed by atoms with Gasteiger partial charge in [-0.25, -0.2) is 0 Å². The van der Waals surface area contributed by atoms with Crippen LogP contribution in [0.2, 0.25) is 0 Å². The lowest BCUT2D eigenvalue weighted by atomic mass is 9.87. The van der Waals surface area contributed by atoms with Crippen molar-refractivity contribution in [3.05, 3.63) is 47.5 Å². The molecule has 2 atom stereocenters. The van der Waals surface area contributed by atoms with E-state index >= 15 is 0 Å². The van der Waals surface area contributed by atoms with Crippen molar-refractivity contribution in [1.29, 1.82) is 0 Å². The molecular weight excluding hydrogens is 296 g/mol. The van der Waals surface area contributed by atoms with Crippen LogP contribution in [0.25, 0.3) is 11.1 Å². The summed E-state index contributed by atoms with van der Waals surface area (Å²) in [6, 6.07) is 13.2. The third kappa shape index (κ3) is 2.16. The van der Waals surface area contributed by atoms with E-state index in [0.29, 0.717) is 11.8 Å². The van der Waals surface area contributed by atoms with Crippen molar-refractivity contribution in [3.8, 4) is 22.6 Å². The zero-order valence-corrected chi connectivity index (χ0v) is 15.4. The fraction of sp³-hybridized carbons (Fsp3) is 0.455. The minimum absolute atomic E-state index is 0.137. The quantitative estimate of drug-likeness (QED) is 0.650. The molecule has 4 rings (SSSR count). The molecule has 0 bridgehead atoms. The van der Waals surface area contributed by atoms with Gasteiger partial charge in [-0.15, -0.1) is 0 Å². The van der Waals surface area contributed by atoms with E-state index in [1.165, 1.54) is 22.3 Å². The van der Waals surface area contributed by atoms with Gasteiger partial charge in [-0.3, -0.25) is 0 Å². The number of rotatable bonds is 1. The number of ether oxygens (including phenoxy) is 2. The zero-order valence-electron chi connectivity index (χ0n) is 15.4. The molecule has 2 heterocycles. The summed E-state index contributed by atoms with van der Waals surface area (Å²) in [6.45, 7) is 13.1. The van der Waals surface area contributed by atoms with Gasteiger partial charge in [0.2, 0.25) is 0 Å². The molecule has 2 aliphatic heterocycles. The molecule has 2 aliphatic rings. The third-order valence-corrected chi connectivity index (χ3v) is 6.13. The highest BCUT2D eigenvalue weighted by atomic mass is 16.5. The van der Waals surface area contributed by atoms with E-state index in [9.17, 15) is 0 Å². The van der Waals surface area contributed by atoms with Crippen molar-refractivity contribution in [3.63, 3.8) is 0 Å². The molecule has 0 N–H and O–H groups in total. The first-order valence-electron chi connectivity index (χ1n) is 8.85. The summed E-state index contributed by atoms with van der Waals surface area (Å²) in [4.78, 5) is 0. The molecule has 2 aromatic carbocycles. The molecule has 0 aliphatic carbocycles. The standard InChI is InChI=1S/C22H26O2/c1-13-17-9-7-15(11-19(17)23-21(13,3)4)16-8-10-18-14(2)22(5,6)24-20(18)12-16/h7-14H,1-6H3/t13-,14+. The van der Waals surface area contributed by atoms with Gasteiger partial charge >= 0.3 is 0 Å². The van der Waals surface area contributed by atoms with Crippen LogP contribution in [-0.2, 0) is 0 Å². The van der Waals surface area contributed by atoms with Crippen LogP contribution in [0.3, 0.4) is 0 Å². The lowest BCUT2D eigenvalue weighted by Gasteiger charge is -2.23. The van der Waals surface area contributed by atoms with Crippen molar-refractivity contribution >= 4 is 0 Å². The molecule has 0 unspecified atom stereocenters. The van der Waals surface area contributed by atoms with Crippen LogP contribution < -0.4 is 9.47 Å². The maximum Gasteiger partial charge on any atom is 0.124 e. The second-order valence-corrected chi connectivity index (χ2v) is 8.36. The molecule has 2 aromatic rings. The molecule has 2 heteroatoms. The second-order valence-electron chi connectivity index (χ2n) is 8.36. The Morgan fingerprint density at radius 3 is 1.42 bits per heavy atom. The molecule has 24 heavy (non-hydrogen) atoms. The largest absolute Gasteiger partial charge is 0.487 e. The summed E-state index contributed by atoms with van der Waals surface area (Å²) in [5.74, 6) is 2.85. The number of hydrogen-bond donors (Lipinski definition) is 0. The molecule has 126 valence electrons. The van der Waals surface area contributed by atoms with Gasteiger partial charge in [0, 0.05) is 23.0 Å². The van der Waals surface area contributed by atoms with Gasteiger partial charge in [-0.2, -0.15) is 0 Å². The predicted octanol–water partition coefficient (Wildman–Crippen LogP) is 5.90. The van der Waals surface area contributed by atoms with Crippen LogP contribution in [0.1, 0.15) is 64.5 Å². The second kappa shape index (κ2) is 4.78. The fourth-order valence-corrected chi connectivity index (χ4v) is 3.81. The zero-order chi connectivity index (χ0) is 17.3. The van der Waals surface area contributed by atoms with E-state index in [4.69, 9.17) is 9.47 Å². The Morgan fingerprint density at radius 2 is 1.04 bits per heavy atom. The summed E-state index contributed by atoms with van der Waals surface area (Å²) in [6.07, 6.45) is 0. The Morgan fingerprint density at radius 1 is 0.667 bits per heavy atom. The summed E-state index contributed by atoms with van der Waals surface area (Å²) in [5, 5.41) is 0. The topological polar surface area (TPSA) is 18.5 Å². The molecule has 0 aromatic heterocycles. The van der Waals surface area contributed by atoms with Crippen molar-refractivity contribution in [1.82, 2.24) is 0 Å². The molecule has 0 radical (unpaired) electrons. The summed E-state index contributed by atoms with van der Waals surface area (Å²) in [7, 11) is 0. The Bertz CT molecular complexity index is 747. The maximum absolute atomic E-state index is 6.18. The molecule has 0 amide bonds. The maximum atomic E-state index is 6.18. The van der Waals surface area contributed by atoms with Gasteiger partial charge < -0.3 is 9.47 Å². The van der Waals surface area contributed by atoms with Gasteiger partial charge in [0.15, 0.2) is 0 Å². The van der Waals surface area contributed by atoms with Gasteiger partial charge in [-0.05, 0) is 51.0 Å². The average molecular weight is 322 g/mol. The lowest BCUT2D eigenvalue weighted by Crippen LogP contribution is -2.28. The first-order valence-corrected chi connectivity index (χ1v) is 8.85. The Hall–Kier alpha value is -1.96. The van der Waals surface area contributed by atoms with Crippen molar-refractivity contribution in [2.24, 2.45) is 0 Å². The van der Waals surface area contributed by atoms with E-state index in [0.717, 1.165) is 11.5 Å². The van der Waals surface area contributed by atoms with E-state index in [-0.39, 0.29) is 11.2 Å². The predicted molar refractivity (Wildman–Crippen MR) is 98.1 cm³/mol. The van der Waals surface area contributed by atoms with E-state index in [2.05, 4.69) is 77.9 Å². The van der Waals surface area contributed by atoms with Crippen molar-refractivity contribution in [2.75, 3.05) is 0 Å². The monoisotopic (exact) mass is 322 g/mol. The normalized spacial score (nSPS) is 25.6. The highest BCUT2D eigenvalue weighted by Gasteiger charge is 2.39. The summed E-state index contributed by atoms with van der Waals surface area (Å²) >= 11 is 0. The first-order chi connectivity index (χ1) is 11.2. The Balaban J connectivity index is 1.73. The average Bonchev–Trinajstić information content (AvgIpc) is 2.88. The van der Waals surface area contributed by atoms with Crippen LogP contribution in [0.4, 0.5) is 0 Å². The Kier molecular flexibility index (Phi) is 3.10. The van der Waals surface area contributed by atoms with Gasteiger partial charge in [0.1, 0.15) is 22.7 Å². The molecule has 2 nitrogen and oxygen atoms in total. The van der Waals surface area contributed by atoms with Gasteiger partial charge in [0.25, 0.3) is 0 Å². The van der Waals surface area contributed by atoms with Gasteiger partial charge in [0.05, 0.1) is 0 Å². The minimum atomic E-state index is -0.137. The molecule has 0 spiro atoms. The molecule has 0 saturated heterocycles. The van der Waals surface area contributed by atoms with Crippen LogP contribution in [0, 0.1) is 0 Å². The first kappa shape index (κ1) is 15.6.